The van der Waals surface area contributed by atoms with E-state index in [0.717, 1.165) is 10.9 Å². The number of benzene rings is 1. The normalized spacial score (nSPS) is 19.9. The maximum Gasteiger partial charge on any atom is 0.410 e. The molecule has 3 rings (SSSR count). The average molecular weight is 374 g/mol. The first-order valence-corrected chi connectivity index (χ1v) is 8.02. The highest BCUT2D eigenvalue weighted by Crippen LogP contribution is 2.44. The highest BCUT2D eigenvalue weighted by atomic mass is 35.5. The molecule has 25 heavy (non-hydrogen) atoms. The van der Waals surface area contributed by atoms with Gasteiger partial charge in [0.2, 0.25) is 0 Å². The van der Waals surface area contributed by atoms with Crippen LogP contribution in [0.4, 0.5) is 19.0 Å². The van der Waals surface area contributed by atoms with Crippen molar-refractivity contribution in [1.82, 2.24) is 9.78 Å². The van der Waals surface area contributed by atoms with Crippen LogP contribution in [0.2, 0.25) is 5.02 Å². The number of anilines is 1. The molecule has 1 aliphatic heterocycles. The standard InChI is InChI=1S/C16H15ClF3N3O2/c1-2-25-15(24)11-8-21-23-13(16(18,19)20)7-12(22-14(11)23)9-3-5-10(17)6-4-9/h3-6,8,12-13,22H,2,7H2,1H3. The molecule has 1 aromatic carbocycles. The van der Waals surface area contributed by atoms with Gasteiger partial charge in [0, 0.05) is 11.4 Å². The van der Waals surface area contributed by atoms with Crippen molar-refractivity contribution >= 4 is 23.4 Å². The molecule has 5 nitrogen and oxygen atoms in total. The number of nitrogens with zero attached hydrogens (tertiary/aromatic N) is 2. The molecule has 0 aliphatic carbocycles. The number of halogens is 4. The SMILES string of the molecule is CCOC(=O)c1cnn2c1NC(c1ccc(Cl)cc1)CC2C(F)(F)F. The Morgan fingerprint density at radius 1 is 1.40 bits per heavy atom. The molecule has 0 spiro atoms. The molecule has 1 aliphatic rings. The van der Waals surface area contributed by atoms with E-state index in [0.29, 0.717) is 10.6 Å². The molecule has 2 atom stereocenters. The lowest BCUT2D eigenvalue weighted by Crippen LogP contribution is -2.36. The van der Waals surface area contributed by atoms with E-state index in [-0.39, 0.29) is 24.4 Å². The summed E-state index contributed by atoms with van der Waals surface area (Å²) in [6.07, 6.45) is -3.65. The minimum atomic E-state index is -4.50. The van der Waals surface area contributed by atoms with E-state index in [4.69, 9.17) is 16.3 Å². The summed E-state index contributed by atoms with van der Waals surface area (Å²) in [5.74, 6) is -0.707. The lowest BCUT2D eigenvalue weighted by Gasteiger charge is -2.34. The van der Waals surface area contributed by atoms with Gasteiger partial charge in [-0.05, 0) is 24.6 Å². The van der Waals surface area contributed by atoms with E-state index in [1.165, 1.54) is 0 Å². The van der Waals surface area contributed by atoms with Crippen LogP contribution in [0.15, 0.2) is 30.5 Å². The van der Waals surface area contributed by atoms with Gasteiger partial charge in [0.25, 0.3) is 0 Å². The predicted octanol–water partition coefficient (Wildman–Crippen LogP) is 4.37. The number of carbonyl (C=O) groups excluding carboxylic acids is 1. The molecule has 134 valence electrons. The lowest BCUT2D eigenvalue weighted by molar-refractivity contribution is -0.173. The van der Waals surface area contributed by atoms with Gasteiger partial charge in [0.05, 0.1) is 18.8 Å². The number of esters is 1. The van der Waals surface area contributed by atoms with Crippen molar-refractivity contribution in [3.8, 4) is 0 Å². The van der Waals surface area contributed by atoms with Gasteiger partial charge in [-0.15, -0.1) is 0 Å². The van der Waals surface area contributed by atoms with Crippen molar-refractivity contribution in [1.29, 1.82) is 0 Å². The summed E-state index contributed by atoms with van der Waals surface area (Å²) in [4.78, 5) is 12.0. The maximum atomic E-state index is 13.5. The Morgan fingerprint density at radius 2 is 2.08 bits per heavy atom. The molecule has 0 fully saturated rings. The molecule has 0 amide bonds. The van der Waals surface area contributed by atoms with Crippen molar-refractivity contribution in [2.75, 3.05) is 11.9 Å². The summed E-state index contributed by atoms with van der Waals surface area (Å²) >= 11 is 5.84. The number of carbonyl (C=O) groups is 1. The maximum absolute atomic E-state index is 13.5. The van der Waals surface area contributed by atoms with E-state index < -0.39 is 24.2 Å². The Balaban J connectivity index is 2.02. The number of fused-ring (bicyclic) bond motifs is 1. The van der Waals surface area contributed by atoms with Gasteiger partial charge in [-0.3, -0.25) is 0 Å². The molecule has 9 heteroatoms. The minimum Gasteiger partial charge on any atom is -0.462 e. The Bertz CT molecular complexity index is 774. The van der Waals surface area contributed by atoms with Gasteiger partial charge in [0.1, 0.15) is 11.4 Å². The van der Waals surface area contributed by atoms with Crippen molar-refractivity contribution < 1.29 is 22.7 Å². The summed E-state index contributed by atoms with van der Waals surface area (Å²) in [6, 6.07) is 4.06. The number of nitrogens with one attached hydrogen (secondary N) is 1. The summed E-state index contributed by atoms with van der Waals surface area (Å²) in [7, 11) is 0. The average Bonchev–Trinajstić information content (AvgIpc) is 2.97. The molecule has 1 aromatic heterocycles. The smallest absolute Gasteiger partial charge is 0.410 e. The van der Waals surface area contributed by atoms with E-state index >= 15 is 0 Å². The van der Waals surface area contributed by atoms with Crippen LogP contribution in [-0.2, 0) is 4.74 Å². The van der Waals surface area contributed by atoms with Gasteiger partial charge in [0.15, 0.2) is 6.04 Å². The Labute approximate surface area is 146 Å². The van der Waals surface area contributed by atoms with Crippen LogP contribution < -0.4 is 5.32 Å². The zero-order valence-corrected chi connectivity index (χ0v) is 13.9. The zero-order chi connectivity index (χ0) is 18.2. The molecule has 2 unspecified atom stereocenters. The first kappa shape index (κ1) is 17.6. The minimum absolute atomic E-state index is 0.00646. The van der Waals surface area contributed by atoms with Crippen molar-refractivity contribution in [2.24, 2.45) is 0 Å². The number of rotatable bonds is 3. The lowest BCUT2D eigenvalue weighted by atomic mass is 9.96. The number of hydrogen-bond donors (Lipinski definition) is 1. The highest BCUT2D eigenvalue weighted by molar-refractivity contribution is 6.30. The molecule has 0 saturated heterocycles. The zero-order valence-electron chi connectivity index (χ0n) is 13.2. The third-order valence-electron chi connectivity index (χ3n) is 4.01. The molecule has 0 saturated carbocycles. The molecule has 2 aromatic rings. The van der Waals surface area contributed by atoms with E-state index in [1.807, 2.05) is 0 Å². The first-order chi connectivity index (χ1) is 11.8. The molecule has 0 bridgehead atoms. The van der Waals surface area contributed by atoms with Gasteiger partial charge in [-0.1, -0.05) is 23.7 Å². The van der Waals surface area contributed by atoms with E-state index in [2.05, 4.69) is 10.4 Å². The fraction of sp³-hybridized carbons (Fsp3) is 0.375. The van der Waals surface area contributed by atoms with Crippen LogP contribution in [0.5, 0.6) is 0 Å². The second kappa shape index (κ2) is 6.59. The number of aromatic nitrogens is 2. The second-order valence-electron chi connectivity index (χ2n) is 5.61. The monoisotopic (exact) mass is 373 g/mol. The fourth-order valence-electron chi connectivity index (χ4n) is 2.83. The predicted molar refractivity (Wildman–Crippen MR) is 85.7 cm³/mol. The highest BCUT2D eigenvalue weighted by Gasteiger charge is 2.47. The second-order valence-corrected chi connectivity index (χ2v) is 6.05. The largest absolute Gasteiger partial charge is 0.462 e. The Hall–Kier alpha value is -2.22. The van der Waals surface area contributed by atoms with E-state index in [1.54, 1.807) is 31.2 Å². The summed E-state index contributed by atoms with van der Waals surface area (Å²) in [6.45, 7) is 1.74. The number of alkyl halides is 3. The van der Waals surface area contributed by atoms with Crippen LogP contribution >= 0.6 is 11.6 Å². The van der Waals surface area contributed by atoms with E-state index in [9.17, 15) is 18.0 Å². The van der Waals surface area contributed by atoms with Gasteiger partial charge >= 0.3 is 12.1 Å². The van der Waals surface area contributed by atoms with Gasteiger partial charge in [-0.2, -0.15) is 18.3 Å². The van der Waals surface area contributed by atoms with Crippen LogP contribution in [-0.4, -0.2) is 28.5 Å². The van der Waals surface area contributed by atoms with Gasteiger partial charge in [-0.25, -0.2) is 9.48 Å². The van der Waals surface area contributed by atoms with Crippen LogP contribution in [0.25, 0.3) is 0 Å². The molecular formula is C16H15ClF3N3O2. The molecule has 1 N–H and O–H groups in total. The van der Waals surface area contributed by atoms with Crippen LogP contribution in [0.3, 0.4) is 0 Å². The third-order valence-corrected chi connectivity index (χ3v) is 4.26. The van der Waals surface area contributed by atoms with Crippen molar-refractivity contribution in [3.63, 3.8) is 0 Å². The number of hydrogen-bond acceptors (Lipinski definition) is 4. The van der Waals surface area contributed by atoms with Crippen molar-refractivity contribution in [2.45, 2.75) is 31.6 Å². The van der Waals surface area contributed by atoms with Gasteiger partial charge < -0.3 is 10.1 Å². The number of ether oxygens (including phenoxy) is 1. The summed E-state index contributed by atoms with van der Waals surface area (Å²) in [5.41, 5.74) is 0.621. The third kappa shape index (κ3) is 3.44. The van der Waals surface area contributed by atoms with Crippen molar-refractivity contribution in [3.05, 3.63) is 46.6 Å². The fourth-order valence-corrected chi connectivity index (χ4v) is 2.96. The quantitative estimate of drug-likeness (QED) is 0.811. The molecular weight excluding hydrogens is 359 g/mol. The molecule has 2 heterocycles. The summed E-state index contributed by atoms with van der Waals surface area (Å²) < 4.78 is 46.2. The first-order valence-electron chi connectivity index (χ1n) is 7.64. The topological polar surface area (TPSA) is 56.1 Å². The Kier molecular flexibility index (Phi) is 4.64. The van der Waals surface area contributed by atoms with Crippen LogP contribution in [0, 0.1) is 0 Å². The molecule has 0 radical (unpaired) electrons. The van der Waals surface area contributed by atoms with Crippen LogP contribution in [0.1, 0.15) is 41.3 Å². The Morgan fingerprint density at radius 3 is 2.68 bits per heavy atom. The summed E-state index contributed by atoms with van der Waals surface area (Å²) in [5, 5.41) is 7.23.